The van der Waals surface area contributed by atoms with Crippen LogP contribution in [0.4, 0.5) is 0 Å². The van der Waals surface area contributed by atoms with Crippen LogP contribution < -0.4 is 16.0 Å². The van der Waals surface area contributed by atoms with Gasteiger partial charge in [0.05, 0.1) is 12.6 Å². The molecule has 6 nitrogen and oxygen atoms in total. The highest BCUT2D eigenvalue weighted by molar-refractivity contribution is 6.30. The van der Waals surface area contributed by atoms with Gasteiger partial charge in [-0.15, -0.1) is 0 Å². The second-order valence-electron chi connectivity index (χ2n) is 5.54. The molecular weight excluding hydrogens is 328 g/mol. The molecule has 3 N–H and O–H groups in total. The maximum absolute atomic E-state index is 12.0. The van der Waals surface area contributed by atoms with Crippen molar-refractivity contribution in [3.8, 4) is 0 Å². The number of ether oxygens (including phenoxy) is 1. The lowest BCUT2D eigenvalue weighted by molar-refractivity contribution is 0.0954. The van der Waals surface area contributed by atoms with E-state index >= 15 is 0 Å². The lowest BCUT2D eigenvalue weighted by Gasteiger charge is -2.13. The summed E-state index contributed by atoms with van der Waals surface area (Å²) in [6.07, 6.45) is 2.41. The molecule has 7 heteroatoms. The molecule has 0 aromatic heterocycles. The van der Waals surface area contributed by atoms with E-state index in [0.29, 0.717) is 30.2 Å². The Bertz CT molecular complexity index is 542. The Morgan fingerprint density at radius 2 is 2.00 bits per heavy atom. The van der Waals surface area contributed by atoms with Crippen molar-refractivity contribution in [2.24, 2.45) is 4.99 Å². The Morgan fingerprint density at radius 3 is 2.67 bits per heavy atom. The monoisotopic (exact) mass is 352 g/mol. The van der Waals surface area contributed by atoms with Crippen LogP contribution in [0.2, 0.25) is 5.02 Å². The van der Waals surface area contributed by atoms with Gasteiger partial charge in [0, 0.05) is 36.8 Å². The van der Waals surface area contributed by atoms with Gasteiger partial charge in [0.1, 0.15) is 0 Å². The molecule has 0 bridgehead atoms. The van der Waals surface area contributed by atoms with Crippen LogP contribution in [0.5, 0.6) is 0 Å². The van der Waals surface area contributed by atoms with E-state index in [4.69, 9.17) is 16.3 Å². The standard InChI is InChI=1S/C17H25ClN4O2/c1-2-19-17(22-12-15-4-3-11-24-15)21-10-9-20-16(23)13-5-7-14(18)8-6-13/h5-8,15H,2-4,9-12H2,1H3,(H,20,23)(H2,19,21,22). The third kappa shape index (κ3) is 6.37. The van der Waals surface area contributed by atoms with Crippen molar-refractivity contribution in [2.45, 2.75) is 25.9 Å². The number of amides is 1. The lowest BCUT2D eigenvalue weighted by atomic mass is 10.2. The fourth-order valence-corrected chi connectivity index (χ4v) is 2.51. The zero-order valence-electron chi connectivity index (χ0n) is 14.0. The van der Waals surface area contributed by atoms with Crippen LogP contribution in [0.1, 0.15) is 30.1 Å². The van der Waals surface area contributed by atoms with Crippen molar-refractivity contribution in [2.75, 3.05) is 32.8 Å². The topological polar surface area (TPSA) is 74.8 Å². The molecule has 1 aliphatic heterocycles. The number of nitrogens with one attached hydrogen (secondary N) is 3. The van der Waals surface area contributed by atoms with Gasteiger partial charge in [0.25, 0.3) is 5.91 Å². The highest BCUT2D eigenvalue weighted by Crippen LogP contribution is 2.11. The molecule has 2 rings (SSSR count). The number of nitrogens with zero attached hydrogens (tertiary/aromatic N) is 1. The van der Waals surface area contributed by atoms with E-state index in [9.17, 15) is 4.79 Å². The lowest BCUT2D eigenvalue weighted by Crippen LogP contribution is -2.42. The van der Waals surface area contributed by atoms with Crippen molar-refractivity contribution in [3.63, 3.8) is 0 Å². The zero-order chi connectivity index (χ0) is 17.2. The van der Waals surface area contributed by atoms with Gasteiger partial charge in [-0.05, 0) is 44.0 Å². The number of halogens is 1. The molecule has 24 heavy (non-hydrogen) atoms. The third-order valence-electron chi connectivity index (χ3n) is 3.63. The van der Waals surface area contributed by atoms with Crippen LogP contribution in [0.25, 0.3) is 0 Å². The van der Waals surface area contributed by atoms with Crippen molar-refractivity contribution >= 4 is 23.5 Å². The molecule has 132 valence electrons. The van der Waals surface area contributed by atoms with Crippen molar-refractivity contribution in [1.29, 1.82) is 0 Å². The number of aliphatic imine (C=N–C) groups is 1. The summed E-state index contributed by atoms with van der Waals surface area (Å²) in [4.78, 5) is 16.5. The summed E-state index contributed by atoms with van der Waals surface area (Å²) in [6.45, 7) is 5.40. The van der Waals surface area contributed by atoms with E-state index in [1.807, 2.05) is 6.92 Å². The molecule has 1 amide bonds. The first-order valence-corrected chi connectivity index (χ1v) is 8.74. The normalized spacial score (nSPS) is 17.6. The summed E-state index contributed by atoms with van der Waals surface area (Å²) in [5.41, 5.74) is 0.596. The molecule has 1 saturated heterocycles. The first kappa shape index (κ1) is 18.5. The van der Waals surface area contributed by atoms with E-state index in [1.165, 1.54) is 0 Å². The van der Waals surface area contributed by atoms with Gasteiger partial charge in [0.2, 0.25) is 0 Å². The zero-order valence-corrected chi connectivity index (χ0v) is 14.7. The minimum absolute atomic E-state index is 0.116. The minimum atomic E-state index is -0.116. The molecule has 1 fully saturated rings. The Balaban J connectivity index is 1.70. The van der Waals surface area contributed by atoms with Crippen LogP contribution in [0.15, 0.2) is 29.3 Å². The molecule has 1 heterocycles. The van der Waals surface area contributed by atoms with Gasteiger partial charge in [-0.25, -0.2) is 0 Å². The van der Waals surface area contributed by atoms with E-state index < -0.39 is 0 Å². The highest BCUT2D eigenvalue weighted by Gasteiger charge is 2.14. The Morgan fingerprint density at radius 1 is 1.25 bits per heavy atom. The first-order chi connectivity index (χ1) is 11.7. The molecular formula is C17H25ClN4O2. The van der Waals surface area contributed by atoms with E-state index in [1.54, 1.807) is 24.3 Å². The predicted molar refractivity (Wildman–Crippen MR) is 96.7 cm³/mol. The highest BCUT2D eigenvalue weighted by atomic mass is 35.5. The van der Waals surface area contributed by atoms with Gasteiger partial charge in [-0.1, -0.05) is 11.6 Å². The maximum atomic E-state index is 12.0. The van der Waals surface area contributed by atoms with E-state index in [2.05, 4.69) is 20.9 Å². The molecule has 1 aromatic rings. The third-order valence-corrected chi connectivity index (χ3v) is 3.88. The molecule has 0 radical (unpaired) electrons. The number of hydrogen-bond donors (Lipinski definition) is 3. The molecule has 1 aromatic carbocycles. The van der Waals surface area contributed by atoms with E-state index in [0.717, 1.165) is 32.0 Å². The molecule has 0 saturated carbocycles. The predicted octanol–water partition coefficient (Wildman–Crippen LogP) is 1.80. The summed E-state index contributed by atoms with van der Waals surface area (Å²) < 4.78 is 5.57. The molecule has 1 unspecified atom stereocenters. The maximum Gasteiger partial charge on any atom is 0.251 e. The fraction of sp³-hybridized carbons (Fsp3) is 0.529. The second kappa shape index (κ2) is 10.2. The summed E-state index contributed by atoms with van der Waals surface area (Å²) in [6, 6.07) is 6.82. The van der Waals surface area contributed by atoms with Gasteiger partial charge in [-0.3, -0.25) is 9.79 Å². The number of guanidine groups is 1. The summed E-state index contributed by atoms with van der Waals surface area (Å²) >= 11 is 5.81. The number of hydrogen-bond acceptors (Lipinski definition) is 3. The summed E-state index contributed by atoms with van der Waals surface area (Å²) in [5.74, 6) is 0.628. The SMILES string of the molecule is CCNC(=NCC1CCCO1)NCCNC(=O)c1ccc(Cl)cc1. The van der Waals surface area contributed by atoms with Crippen LogP contribution >= 0.6 is 11.6 Å². The smallest absolute Gasteiger partial charge is 0.251 e. The van der Waals surface area contributed by atoms with Crippen LogP contribution in [0, 0.1) is 0 Å². The molecule has 1 atom stereocenters. The number of carbonyl (C=O) groups is 1. The number of benzene rings is 1. The van der Waals surface area contributed by atoms with Crippen LogP contribution in [-0.2, 0) is 4.74 Å². The first-order valence-electron chi connectivity index (χ1n) is 8.36. The Kier molecular flexibility index (Phi) is 7.85. The molecule has 1 aliphatic rings. The van der Waals surface area contributed by atoms with Crippen molar-refractivity contribution in [1.82, 2.24) is 16.0 Å². The van der Waals surface area contributed by atoms with Crippen molar-refractivity contribution < 1.29 is 9.53 Å². The van der Waals surface area contributed by atoms with Crippen molar-refractivity contribution in [3.05, 3.63) is 34.9 Å². The summed E-state index contributed by atoms with van der Waals surface area (Å²) in [5, 5.41) is 9.87. The van der Waals surface area contributed by atoms with Crippen LogP contribution in [-0.4, -0.2) is 50.8 Å². The van der Waals surface area contributed by atoms with Crippen LogP contribution in [0.3, 0.4) is 0 Å². The molecule has 0 spiro atoms. The Hall–Kier alpha value is -1.79. The average Bonchev–Trinajstić information content (AvgIpc) is 3.10. The van der Waals surface area contributed by atoms with Gasteiger partial charge in [0.15, 0.2) is 5.96 Å². The van der Waals surface area contributed by atoms with Gasteiger partial charge < -0.3 is 20.7 Å². The van der Waals surface area contributed by atoms with Gasteiger partial charge in [-0.2, -0.15) is 0 Å². The second-order valence-corrected chi connectivity index (χ2v) is 5.98. The summed E-state index contributed by atoms with van der Waals surface area (Å²) in [7, 11) is 0. The Labute approximate surface area is 148 Å². The minimum Gasteiger partial charge on any atom is -0.376 e. The molecule has 0 aliphatic carbocycles. The van der Waals surface area contributed by atoms with Gasteiger partial charge >= 0.3 is 0 Å². The quantitative estimate of drug-likeness (QED) is 0.397. The largest absolute Gasteiger partial charge is 0.376 e. The average molecular weight is 353 g/mol. The number of carbonyl (C=O) groups excluding carboxylic acids is 1. The van der Waals surface area contributed by atoms with E-state index in [-0.39, 0.29) is 12.0 Å². The fourth-order valence-electron chi connectivity index (χ4n) is 2.38. The number of rotatable bonds is 7.